The number of amidine groups is 1. The molecule has 0 unspecified atom stereocenters. The van der Waals surface area contributed by atoms with Crippen LogP contribution in [0.4, 0.5) is 0 Å². The summed E-state index contributed by atoms with van der Waals surface area (Å²) in [6.07, 6.45) is 2.91. The first-order valence-corrected chi connectivity index (χ1v) is 11.4. The van der Waals surface area contributed by atoms with Crippen molar-refractivity contribution < 1.29 is 9.47 Å². The summed E-state index contributed by atoms with van der Waals surface area (Å²) in [4.78, 5) is 12.2. The molecule has 0 N–H and O–H groups in total. The molecular weight excluding hydrogens is 438 g/mol. The molecule has 0 bridgehead atoms. The fourth-order valence-corrected chi connectivity index (χ4v) is 5.74. The Morgan fingerprint density at radius 1 is 1.29 bits per heavy atom. The largest absolute Gasteiger partial charge is 0.493 e. The Kier molecular flexibility index (Phi) is 5.83. The summed E-state index contributed by atoms with van der Waals surface area (Å²) < 4.78 is 12.7. The predicted molar refractivity (Wildman–Crippen MR) is 117 cm³/mol. The normalized spacial score (nSPS) is 23.5. The highest BCUT2D eigenvalue weighted by atomic mass is 79.9. The van der Waals surface area contributed by atoms with E-state index in [9.17, 15) is 0 Å². The predicted octanol–water partition coefficient (Wildman–Crippen LogP) is 5.23. The van der Waals surface area contributed by atoms with E-state index in [0.29, 0.717) is 12.6 Å². The number of benzene rings is 1. The van der Waals surface area contributed by atoms with Crippen LogP contribution >= 0.6 is 27.7 Å². The van der Waals surface area contributed by atoms with Crippen LogP contribution in [0, 0.1) is 0 Å². The number of pyridine rings is 1. The first-order chi connectivity index (χ1) is 13.7. The van der Waals surface area contributed by atoms with E-state index >= 15 is 0 Å². The Morgan fingerprint density at radius 3 is 2.82 bits per heavy atom. The number of thioether (sulfide) groups is 1. The Hall–Kier alpha value is -1.73. The molecular formula is C21H24BrN3O2S. The number of nitrogens with zero attached hydrogens (tertiary/aromatic N) is 3. The van der Waals surface area contributed by atoms with Crippen molar-refractivity contribution >= 4 is 32.9 Å². The molecule has 3 atom stereocenters. The number of halogens is 1. The molecule has 0 amide bonds. The summed E-state index contributed by atoms with van der Waals surface area (Å²) in [6, 6.07) is 10.5. The number of aliphatic imine (C=N–C) groups is 1. The molecule has 2 aliphatic heterocycles. The summed E-state index contributed by atoms with van der Waals surface area (Å²) in [7, 11) is 1.68. The number of aromatic nitrogens is 1. The van der Waals surface area contributed by atoms with Crippen molar-refractivity contribution in [3.63, 3.8) is 0 Å². The van der Waals surface area contributed by atoms with Gasteiger partial charge in [0.05, 0.1) is 25.5 Å². The van der Waals surface area contributed by atoms with Gasteiger partial charge in [-0.15, -0.1) is 0 Å². The van der Waals surface area contributed by atoms with E-state index in [1.54, 1.807) is 7.11 Å². The molecule has 0 saturated carbocycles. The van der Waals surface area contributed by atoms with E-state index in [2.05, 4.69) is 44.9 Å². The lowest BCUT2D eigenvalue weighted by Crippen LogP contribution is -2.35. The van der Waals surface area contributed by atoms with Crippen molar-refractivity contribution in [2.45, 2.75) is 38.4 Å². The van der Waals surface area contributed by atoms with Gasteiger partial charge in [-0.2, -0.15) is 0 Å². The second kappa shape index (κ2) is 8.33. The van der Waals surface area contributed by atoms with Gasteiger partial charge in [0.25, 0.3) is 0 Å². The third kappa shape index (κ3) is 3.39. The van der Waals surface area contributed by atoms with E-state index in [4.69, 9.17) is 14.5 Å². The summed E-state index contributed by atoms with van der Waals surface area (Å²) in [5.74, 6) is 2.59. The zero-order valence-corrected chi connectivity index (χ0v) is 18.7. The van der Waals surface area contributed by atoms with Crippen LogP contribution < -0.4 is 9.47 Å². The number of fused-ring (bicyclic) bond motifs is 1. The Morgan fingerprint density at radius 2 is 2.14 bits per heavy atom. The fourth-order valence-electron chi connectivity index (χ4n) is 3.95. The van der Waals surface area contributed by atoms with E-state index in [-0.39, 0.29) is 12.1 Å². The molecule has 0 radical (unpaired) electrons. The van der Waals surface area contributed by atoms with Crippen LogP contribution in [0.15, 0.2) is 46.0 Å². The zero-order chi connectivity index (χ0) is 19.7. The third-order valence-corrected chi connectivity index (χ3v) is 6.79. The van der Waals surface area contributed by atoms with E-state index in [1.165, 1.54) is 0 Å². The maximum Gasteiger partial charge on any atom is 0.166 e. The van der Waals surface area contributed by atoms with Gasteiger partial charge in [-0.3, -0.25) is 9.98 Å². The average molecular weight is 462 g/mol. The van der Waals surface area contributed by atoms with Gasteiger partial charge in [0, 0.05) is 28.0 Å². The van der Waals surface area contributed by atoms with Crippen LogP contribution in [0.25, 0.3) is 0 Å². The minimum absolute atomic E-state index is 0.0257. The lowest BCUT2D eigenvalue weighted by atomic mass is 9.94. The molecule has 3 heterocycles. The molecule has 28 heavy (non-hydrogen) atoms. The van der Waals surface area contributed by atoms with Crippen molar-refractivity contribution in [1.82, 2.24) is 9.88 Å². The first-order valence-electron chi connectivity index (χ1n) is 9.58. The average Bonchev–Trinajstić information content (AvgIpc) is 3.28. The highest BCUT2D eigenvalue weighted by molar-refractivity contribution is 9.10. The smallest absolute Gasteiger partial charge is 0.166 e. The molecule has 4 rings (SSSR count). The molecule has 0 spiro atoms. The van der Waals surface area contributed by atoms with Gasteiger partial charge in [0.1, 0.15) is 6.04 Å². The number of hydrogen-bond acceptors (Lipinski definition) is 6. The highest BCUT2D eigenvalue weighted by Gasteiger charge is 2.46. The zero-order valence-electron chi connectivity index (χ0n) is 16.3. The van der Waals surface area contributed by atoms with Gasteiger partial charge >= 0.3 is 0 Å². The van der Waals surface area contributed by atoms with E-state index in [0.717, 1.165) is 44.6 Å². The Labute approximate surface area is 178 Å². The molecule has 2 aliphatic rings. The van der Waals surface area contributed by atoms with Gasteiger partial charge < -0.3 is 14.4 Å². The third-order valence-electron chi connectivity index (χ3n) is 5.21. The summed E-state index contributed by atoms with van der Waals surface area (Å²) in [5, 5.41) is 1.11. The van der Waals surface area contributed by atoms with Gasteiger partial charge in [0.2, 0.25) is 0 Å². The van der Waals surface area contributed by atoms with Crippen molar-refractivity contribution in [3.05, 3.63) is 52.3 Å². The first kappa shape index (κ1) is 19.6. The second-order valence-corrected chi connectivity index (χ2v) is 8.70. The van der Waals surface area contributed by atoms with Crippen LogP contribution in [-0.2, 0) is 0 Å². The number of methoxy groups -OCH3 is 1. The Bertz CT molecular complexity index is 877. The van der Waals surface area contributed by atoms with E-state index < -0.39 is 0 Å². The van der Waals surface area contributed by atoms with E-state index in [1.807, 2.05) is 43.1 Å². The van der Waals surface area contributed by atoms with Crippen molar-refractivity contribution in [1.29, 1.82) is 0 Å². The molecule has 2 aromatic rings. The van der Waals surface area contributed by atoms with Crippen molar-refractivity contribution in [2.24, 2.45) is 4.99 Å². The summed E-state index contributed by atoms with van der Waals surface area (Å²) in [6.45, 7) is 4.81. The molecule has 5 nitrogen and oxygen atoms in total. The monoisotopic (exact) mass is 461 g/mol. The maximum atomic E-state index is 6.08. The lowest BCUT2D eigenvalue weighted by Gasteiger charge is -2.33. The number of ether oxygens (including phenoxy) is 2. The van der Waals surface area contributed by atoms with Crippen molar-refractivity contribution in [3.8, 4) is 11.5 Å². The van der Waals surface area contributed by atoms with Crippen LogP contribution in [0.3, 0.4) is 0 Å². The molecule has 1 aromatic heterocycles. The summed E-state index contributed by atoms with van der Waals surface area (Å²) >= 11 is 5.50. The van der Waals surface area contributed by atoms with Crippen LogP contribution in [0.1, 0.15) is 43.6 Å². The quantitative estimate of drug-likeness (QED) is 0.588. The molecule has 1 fully saturated rings. The standard InChI is InChI=1S/C21H24BrN3O2S/c1-4-14-12-28-21-24-18(16-8-6-7-9-23-16)19(25(14)21)15-10-13(22)11-17(26-3)20(15)27-5-2/h6-11,14,18-19H,4-5,12H2,1-3H3/t14-,18+,19+/m0/s1. The molecule has 1 aromatic carbocycles. The fraction of sp³-hybridized carbons (Fsp3) is 0.429. The Balaban J connectivity index is 1.88. The lowest BCUT2D eigenvalue weighted by molar-refractivity contribution is 0.240. The topological polar surface area (TPSA) is 47.0 Å². The van der Waals surface area contributed by atoms with Crippen LogP contribution in [0.2, 0.25) is 0 Å². The number of hydrogen-bond donors (Lipinski definition) is 0. The van der Waals surface area contributed by atoms with Gasteiger partial charge in [-0.05, 0) is 37.6 Å². The second-order valence-electron chi connectivity index (χ2n) is 6.80. The molecule has 7 heteroatoms. The summed E-state index contributed by atoms with van der Waals surface area (Å²) in [5.41, 5.74) is 2.06. The highest BCUT2D eigenvalue weighted by Crippen LogP contribution is 2.52. The minimum atomic E-state index is -0.0729. The van der Waals surface area contributed by atoms with Gasteiger partial charge in [-0.1, -0.05) is 40.7 Å². The molecule has 148 valence electrons. The minimum Gasteiger partial charge on any atom is -0.493 e. The molecule has 1 saturated heterocycles. The number of rotatable bonds is 6. The maximum absolute atomic E-state index is 6.08. The van der Waals surface area contributed by atoms with Crippen LogP contribution in [0.5, 0.6) is 11.5 Å². The SMILES string of the molecule is CCOc1c(OC)cc(Br)cc1[C@@H]1[C@@H](c2ccccn2)N=C2SC[C@H](CC)N21. The van der Waals surface area contributed by atoms with Crippen molar-refractivity contribution in [2.75, 3.05) is 19.5 Å². The van der Waals surface area contributed by atoms with Crippen LogP contribution in [-0.4, -0.2) is 40.6 Å². The van der Waals surface area contributed by atoms with Gasteiger partial charge in [0.15, 0.2) is 16.7 Å². The van der Waals surface area contributed by atoms with Gasteiger partial charge in [-0.25, -0.2) is 0 Å². The molecule has 0 aliphatic carbocycles.